The second-order valence-electron chi connectivity index (χ2n) is 3.40. The monoisotopic (exact) mass is 237 g/mol. The zero-order chi connectivity index (χ0) is 11.5. The molecule has 4 nitrogen and oxygen atoms in total. The van der Waals surface area contributed by atoms with Crippen LogP contribution in [0.15, 0.2) is 24.3 Å². The Morgan fingerprint density at radius 2 is 2.25 bits per heavy atom. The molecule has 0 fully saturated rings. The number of ether oxygens (including phenoxy) is 1. The second kappa shape index (κ2) is 4.65. The van der Waals surface area contributed by atoms with Gasteiger partial charge < -0.3 is 10.2 Å². The van der Waals surface area contributed by atoms with E-state index in [9.17, 15) is 0 Å². The molecule has 0 saturated heterocycles. The summed E-state index contributed by atoms with van der Waals surface area (Å²) in [5, 5.41) is 1.56. The molecule has 0 radical (unpaired) electrons. The van der Waals surface area contributed by atoms with Gasteiger partial charge in [-0.1, -0.05) is 11.6 Å². The van der Waals surface area contributed by atoms with Crippen LogP contribution in [-0.4, -0.2) is 12.1 Å². The summed E-state index contributed by atoms with van der Waals surface area (Å²) in [6.07, 6.45) is 0. The SMILES string of the molecule is COCc1cc(NN)c2cc(Cl)ccc2n1. The molecular formula is C11H12ClN3O. The number of anilines is 1. The minimum atomic E-state index is 0.452. The fraction of sp³-hybridized carbons (Fsp3) is 0.182. The molecule has 0 unspecified atom stereocenters. The summed E-state index contributed by atoms with van der Waals surface area (Å²) < 4.78 is 5.04. The van der Waals surface area contributed by atoms with Crippen molar-refractivity contribution in [3.63, 3.8) is 0 Å². The van der Waals surface area contributed by atoms with Gasteiger partial charge >= 0.3 is 0 Å². The molecule has 2 rings (SSSR count). The Morgan fingerprint density at radius 3 is 2.94 bits per heavy atom. The number of pyridine rings is 1. The van der Waals surface area contributed by atoms with Crippen LogP contribution in [0.4, 0.5) is 5.69 Å². The molecule has 84 valence electrons. The Balaban J connectivity index is 2.63. The molecule has 2 aromatic rings. The topological polar surface area (TPSA) is 60.2 Å². The maximum Gasteiger partial charge on any atom is 0.0885 e. The number of rotatable bonds is 3. The largest absolute Gasteiger partial charge is 0.378 e. The predicted octanol–water partition coefficient (Wildman–Crippen LogP) is 2.32. The van der Waals surface area contributed by atoms with Crippen molar-refractivity contribution in [3.8, 4) is 0 Å². The lowest BCUT2D eigenvalue weighted by atomic mass is 10.1. The number of halogens is 1. The van der Waals surface area contributed by atoms with Crippen molar-refractivity contribution in [1.82, 2.24) is 4.98 Å². The fourth-order valence-corrected chi connectivity index (χ4v) is 1.77. The van der Waals surface area contributed by atoms with E-state index in [1.165, 1.54) is 0 Å². The number of methoxy groups -OCH3 is 1. The third-order valence-corrected chi connectivity index (χ3v) is 2.51. The first-order chi connectivity index (χ1) is 7.74. The van der Waals surface area contributed by atoms with Crippen LogP contribution < -0.4 is 11.3 Å². The van der Waals surface area contributed by atoms with Crippen LogP contribution in [-0.2, 0) is 11.3 Å². The van der Waals surface area contributed by atoms with E-state index in [2.05, 4.69) is 10.4 Å². The highest BCUT2D eigenvalue weighted by molar-refractivity contribution is 6.31. The average Bonchev–Trinajstić information content (AvgIpc) is 2.29. The minimum absolute atomic E-state index is 0.452. The molecule has 0 aliphatic rings. The lowest BCUT2D eigenvalue weighted by Crippen LogP contribution is -2.08. The number of hydrogen-bond acceptors (Lipinski definition) is 4. The molecule has 0 saturated carbocycles. The molecular weight excluding hydrogens is 226 g/mol. The van der Waals surface area contributed by atoms with Crippen molar-refractivity contribution < 1.29 is 4.74 Å². The summed E-state index contributed by atoms with van der Waals surface area (Å²) >= 11 is 5.93. The van der Waals surface area contributed by atoms with Crippen molar-refractivity contribution in [2.24, 2.45) is 5.84 Å². The van der Waals surface area contributed by atoms with E-state index in [1.54, 1.807) is 13.2 Å². The van der Waals surface area contributed by atoms with Gasteiger partial charge in [0.05, 0.1) is 23.5 Å². The smallest absolute Gasteiger partial charge is 0.0885 e. The van der Waals surface area contributed by atoms with Crippen molar-refractivity contribution in [1.29, 1.82) is 0 Å². The molecule has 1 aromatic heterocycles. The Bertz CT molecular complexity index is 516. The zero-order valence-electron chi connectivity index (χ0n) is 8.83. The van der Waals surface area contributed by atoms with Crippen LogP contribution in [0.5, 0.6) is 0 Å². The van der Waals surface area contributed by atoms with E-state index in [4.69, 9.17) is 22.2 Å². The number of nitrogens with two attached hydrogens (primary N) is 1. The van der Waals surface area contributed by atoms with Crippen LogP contribution in [0.1, 0.15) is 5.69 Å². The first kappa shape index (κ1) is 11.1. The van der Waals surface area contributed by atoms with Gasteiger partial charge in [-0.05, 0) is 24.3 Å². The number of nitrogens with one attached hydrogen (secondary N) is 1. The molecule has 16 heavy (non-hydrogen) atoms. The molecule has 0 aliphatic heterocycles. The molecule has 1 aromatic carbocycles. The summed E-state index contributed by atoms with van der Waals surface area (Å²) in [5.41, 5.74) is 5.10. The Kier molecular flexibility index (Phi) is 3.24. The summed E-state index contributed by atoms with van der Waals surface area (Å²) in [6.45, 7) is 0.452. The van der Waals surface area contributed by atoms with Crippen molar-refractivity contribution in [2.45, 2.75) is 6.61 Å². The van der Waals surface area contributed by atoms with Gasteiger partial charge in [0.25, 0.3) is 0 Å². The van der Waals surface area contributed by atoms with Gasteiger partial charge in [0.15, 0.2) is 0 Å². The number of fused-ring (bicyclic) bond motifs is 1. The van der Waals surface area contributed by atoms with Gasteiger partial charge in [-0.15, -0.1) is 0 Å². The van der Waals surface area contributed by atoms with Crippen LogP contribution in [0.2, 0.25) is 5.02 Å². The molecule has 5 heteroatoms. The van der Waals surface area contributed by atoms with E-state index in [0.717, 1.165) is 22.3 Å². The molecule has 1 heterocycles. The van der Waals surface area contributed by atoms with E-state index in [0.29, 0.717) is 11.6 Å². The highest BCUT2D eigenvalue weighted by atomic mass is 35.5. The molecule has 0 spiro atoms. The minimum Gasteiger partial charge on any atom is -0.378 e. The molecule has 0 atom stereocenters. The number of nitrogens with zero attached hydrogens (tertiary/aromatic N) is 1. The van der Waals surface area contributed by atoms with Crippen LogP contribution in [0.25, 0.3) is 10.9 Å². The summed E-state index contributed by atoms with van der Waals surface area (Å²) in [5.74, 6) is 5.47. The third-order valence-electron chi connectivity index (χ3n) is 2.27. The van der Waals surface area contributed by atoms with Crippen molar-refractivity contribution in [3.05, 3.63) is 35.0 Å². The Labute approximate surface area is 98.3 Å². The van der Waals surface area contributed by atoms with Crippen molar-refractivity contribution >= 4 is 28.2 Å². The van der Waals surface area contributed by atoms with Crippen LogP contribution >= 0.6 is 11.6 Å². The molecule has 0 amide bonds. The highest BCUT2D eigenvalue weighted by Crippen LogP contribution is 2.25. The summed E-state index contributed by atoms with van der Waals surface area (Å²) in [4.78, 5) is 4.44. The first-order valence-corrected chi connectivity index (χ1v) is 5.17. The number of hydrogen-bond donors (Lipinski definition) is 2. The molecule has 0 aliphatic carbocycles. The number of aromatic nitrogens is 1. The van der Waals surface area contributed by atoms with Crippen LogP contribution in [0, 0.1) is 0 Å². The zero-order valence-corrected chi connectivity index (χ0v) is 9.58. The van der Waals surface area contributed by atoms with Gasteiger partial charge in [0.1, 0.15) is 0 Å². The van der Waals surface area contributed by atoms with E-state index >= 15 is 0 Å². The van der Waals surface area contributed by atoms with Gasteiger partial charge in [-0.25, -0.2) is 0 Å². The van der Waals surface area contributed by atoms with E-state index in [-0.39, 0.29) is 0 Å². The Morgan fingerprint density at radius 1 is 1.44 bits per heavy atom. The normalized spacial score (nSPS) is 10.7. The highest BCUT2D eigenvalue weighted by Gasteiger charge is 2.05. The van der Waals surface area contributed by atoms with E-state index < -0.39 is 0 Å². The number of hydrazine groups is 1. The molecule has 3 N–H and O–H groups in total. The standard InChI is InChI=1S/C11H12ClN3O/c1-16-6-8-5-11(15-13)9-4-7(12)2-3-10(9)14-8/h2-5H,6,13H2,1H3,(H,14,15). The fourth-order valence-electron chi connectivity index (χ4n) is 1.59. The van der Waals surface area contributed by atoms with Crippen LogP contribution in [0.3, 0.4) is 0 Å². The van der Waals surface area contributed by atoms with E-state index in [1.807, 2.05) is 18.2 Å². The number of benzene rings is 1. The predicted molar refractivity (Wildman–Crippen MR) is 65.3 cm³/mol. The van der Waals surface area contributed by atoms with Crippen molar-refractivity contribution in [2.75, 3.05) is 12.5 Å². The average molecular weight is 238 g/mol. The quantitative estimate of drug-likeness (QED) is 0.635. The number of nitrogen functional groups attached to an aromatic ring is 1. The second-order valence-corrected chi connectivity index (χ2v) is 3.84. The van der Waals surface area contributed by atoms with Gasteiger partial charge in [-0.3, -0.25) is 10.8 Å². The lowest BCUT2D eigenvalue weighted by molar-refractivity contribution is 0.182. The van der Waals surface area contributed by atoms with Gasteiger partial charge in [-0.2, -0.15) is 0 Å². The first-order valence-electron chi connectivity index (χ1n) is 4.79. The van der Waals surface area contributed by atoms with Gasteiger partial charge in [0, 0.05) is 17.5 Å². The summed E-state index contributed by atoms with van der Waals surface area (Å²) in [6, 6.07) is 7.34. The Hall–Kier alpha value is -1.36. The summed E-state index contributed by atoms with van der Waals surface area (Å²) in [7, 11) is 1.63. The lowest BCUT2D eigenvalue weighted by Gasteiger charge is -2.08. The maximum absolute atomic E-state index is 5.93. The van der Waals surface area contributed by atoms with Gasteiger partial charge in [0.2, 0.25) is 0 Å². The maximum atomic E-state index is 5.93. The third kappa shape index (κ3) is 2.09. The molecule has 0 bridgehead atoms.